The maximum atomic E-state index is 5.43. The number of rotatable bonds is 3. The molecule has 1 fully saturated rings. The molecule has 20 heavy (non-hydrogen) atoms. The number of hydrogen-bond donors (Lipinski definition) is 0. The van der Waals surface area contributed by atoms with Crippen molar-refractivity contribution in [2.75, 3.05) is 50.8 Å². The molecule has 2 aliphatic rings. The Bertz CT molecular complexity index is 446. The van der Waals surface area contributed by atoms with Crippen molar-refractivity contribution in [3.63, 3.8) is 0 Å². The van der Waals surface area contributed by atoms with Gasteiger partial charge < -0.3 is 9.64 Å². The molecule has 108 valence electrons. The molecule has 1 aromatic carbocycles. The molecule has 1 aromatic rings. The topological polar surface area (TPSA) is 15.7 Å². The van der Waals surface area contributed by atoms with Gasteiger partial charge in [0.05, 0.1) is 13.2 Å². The summed E-state index contributed by atoms with van der Waals surface area (Å²) >= 11 is 0. The van der Waals surface area contributed by atoms with Gasteiger partial charge in [-0.2, -0.15) is 0 Å². The van der Waals surface area contributed by atoms with Gasteiger partial charge in [0.15, 0.2) is 0 Å². The van der Waals surface area contributed by atoms with Crippen molar-refractivity contribution < 1.29 is 4.74 Å². The summed E-state index contributed by atoms with van der Waals surface area (Å²) in [6.07, 6.45) is 3.88. The number of morpholine rings is 1. The first-order valence-corrected chi connectivity index (χ1v) is 7.97. The molecule has 0 amide bonds. The highest BCUT2D eigenvalue weighted by molar-refractivity contribution is 6.32. The van der Waals surface area contributed by atoms with E-state index in [1.165, 1.54) is 42.5 Å². The normalized spacial score (nSPS) is 20.5. The van der Waals surface area contributed by atoms with Crippen LogP contribution in [-0.2, 0) is 11.2 Å². The van der Waals surface area contributed by atoms with E-state index < -0.39 is 0 Å². The summed E-state index contributed by atoms with van der Waals surface area (Å²) in [6, 6.07) is 6.96. The number of nitrogens with zero attached hydrogens (tertiary/aromatic N) is 2. The van der Waals surface area contributed by atoms with Crippen molar-refractivity contribution >= 4 is 19.0 Å². The molecule has 0 N–H and O–H groups in total. The number of anilines is 1. The summed E-state index contributed by atoms with van der Waals surface area (Å²) in [5, 5.41) is 0. The first kappa shape index (κ1) is 14.0. The van der Waals surface area contributed by atoms with E-state index in [-0.39, 0.29) is 0 Å². The van der Waals surface area contributed by atoms with Crippen LogP contribution in [0.25, 0.3) is 0 Å². The molecular formula is C16H25BN2O. The van der Waals surface area contributed by atoms with E-state index in [2.05, 4.69) is 35.8 Å². The highest BCUT2D eigenvalue weighted by Crippen LogP contribution is 2.25. The Kier molecular flexibility index (Phi) is 4.63. The first-order chi connectivity index (χ1) is 9.83. The Balaban J connectivity index is 1.67. The summed E-state index contributed by atoms with van der Waals surface area (Å²) < 4.78 is 5.43. The van der Waals surface area contributed by atoms with Crippen LogP contribution < -0.4 is 10.4 Å². The maximum absolute atomic E-state index is 5.43. The molecule has 0 saturated carbocycles. The molecule has 4 heteroatoms. The summed E-state index contributed by atoms with van der Waals surface area (Å²) in [5.41, 5.74) is 4.40. The minimum absolute atomic E-state index is 0.899. The number of fused-ring (bicyclic) bond motifs is 1. The fourth-order valence-electron chi connectivity index (χ4n) is 3.24. The third-order valence-electron chi connectivity index (χ3n) is 4.50. The third kappa shape index (κ3) is 3.36. The van der Waals surface area contributed by atoms with E-state index in [1.807, 2.05) is 0 Å². The lowest BCUT2D eigenvalue weighted by Gasteiger charge is -2.31. The molecule has 0 radical (unpaired) electrons. The van der Waals surface area contributed by atoms with Crippen molar-refractivity contribution in [3.05, 3.63) is 23.8 Å². The second kappa shape index (κ2) is 6.64. The first-order valence-electron chi connectivity index (χ1n) is 7.97. The second-order valence-electron chi connectivity index (χ2n) is 6.03. The van der Waals surface area contributed by atoms with Gasteiger partial charge >= 0.3 is 0 Å². The maximum Gasteiger partial charge on any atom is 0.139 e. The molecule has 3 nitrogen and oxygen atoms in total. The van der Waals surface area contributed by atoms with E-state index in [4.69, 9.17) is 4.74 Å². The van der Waals surface area contributed by atoms with Crippen molar-refractivity contribution in [2.24, 2.45) is 0 Å². The molecular weight excluding hydrogens is 247 g/mol. The Morgan fingerprint density at radius 3 is 2.75 bits per heavy atom. The van der Waals surface area contributed by atoms with Crippen LogP contribution in [0, 0.1) is 0 Å². The van der Waals surface area contributed by atoms with Crippen LogP contribution in [-0.4, -0.2) is 58.7 Å². The molecule has 3 rings (SSSR count). The molecule has 0 unspecified atom stereocenters. The van der Waals surface area contributed by atoms with Crippen LogP contribution in [0.5, 0.6) is 0 Å². The molecule has 0 aliphatic carbocycles. The van der Waals surface area contributed by atoms with Gasteiger partial charge in [0.1, 0.15) is 7.85 Å². The average Bonchev–Trinajstić information content (AvgIpc) is 2.68. The zero-order chi connectivity index (χ0) is 13.8. The van der Waals surface area contributed by atoms with Crippen molar-refractivity contribution in [2.45, 2.75) is 19.3 Å². The van der Waals surface area contributed by atoms with E-state index in [0.717, 1.165) is 39.4 Å². The number of benzene rings is 1. The zero-order valence-electron chi connectivity index (χ0n) is 12.6. The number of aryl methyl sites for hydroxylation is 1. The molecule has 0 bridgehead atoms. The third-order valence-corrected chi connectivity index (χ3v) is 4.50. The lowest BCUT2D eigenvalue weighted by molar-refractivity contribution is 0.0392. The van der Waals surface area contributed by atoms with E-state index in [1.54, 1.807) is 0 Å². The quantitative estimate of drug-likeness (QED) is 0.742. The van der Waals surface area contributed by atoms with Crippen molar-refractivity contribution in [1.82, 2.24) is 4.90 Å². The fourth-order valence-corrected chi connectivity index (χ4v) is 3.24. The number of hydrogen-bond acceptors (Lipinski definition) is 3. The molecule has 1 saturated heterocycles. The minimum atomic E-state index is 0.899. The van der Waals surface area contributed by atoms with Gasteiger partial charge in [-0.3, -0.25) is 4.90 Å². The average molecular weight is 272 g/mol. The van der Waals surface area contributed by atoms with Crippen LogP contribution >= 0.6 is 0 Å². The van der Waals surface area contributed by atoms with Crippen LogP contribution in [0.4, 0.5) is 5.69 Å². The lowest BCUT2D eigenvalue weighted by Crippen LogP contribution is -2.41. The summed E-state index contributed by atoms with van der Waals surface area (Å²) in [5.74, 6) is 0. The van der Waals surface area contributed by atoms with E-state index in [9.17, 15) is 0 Å². The van der Waals surface area contributed by atoms with Crippen LogP contribution in [0.1, 0.15) is 18.4 Å². The highest BCUT2D eigenvalue weighted by Gasteiger charge is 2.17. The van der Waals surface area contributed by atoms with Gasteiger partial charge in [-0.1, -0.05) is 17.6 Å². The summed E-state index contributed by atoms with van der Waals surface area (Å²) in [4.78, 5) is 5.13. The lowest BCUT2D eigenvalue weighted by atomic mass is 9.93. The Morgan fingerprint density at radius 2 is 1.90 bits per heavy atom. The zero-order valence-corrected chi connectivity index (χ0v) is 12.6. The predicted molar refractivity (Wildman–Crippen MR) is 87.0 cm³/mol. The molecule has 0 atom stereocenters. The van der Waals surface area contributed by atoms with E-state index in [0.29, 0.717) is 0 Å². The summed E-state index contributed by atoms with van der Waals surface area (Å²) in [7, 11) is 2.20. The molecule has 2 heterocycles. The second-order valence-corrected chi connectivity index (χ2v) is 6.03. The van der Waals surface area contributed by atoms with Crippen molar-refractivity contribution in [3.8, 4) is 0 Å². The smallest absolute Gasteiger partial charge is 0.139 e. The van der Waals surface area contributed by atoms with E-state index >= 15 is 0 Å². The monoisotopic (exact) mass is 272 g/mol. The standard InChI is InChI=1S/C16H25BN2O/c17-15-5-4-14-3-1-2-6-19(16(14)13-15)8-7-18-9-11-20-12-10-18/h4-5,13H,1-3,6-12,17H2. The Labute approximate surface area is 123 Å². The molecule has 0 aromatic heterocycles. The molecule has 2 aliphatic heterocycles. The Hall–Kier alpha value is -0.995. The summed E-state index contributed by atoms with van der Waals surface area (Å²) in [6.45, 7) is 7.50. The van der Waals surface area contributed by atoms with Gasteiger partial charge in [0.2, 0.25) is 0 Å². The van der Waals surface area contributed by atoms with Crippen LogP contribution in [0.3, 0.4) is 0 Å². The SMILES string of the molecule is Bc1ccc2c(c1)N(CCN1CCOCC1)CCCC2. The van der Waals surface area contributed by atoms with Gasteiger partial charge in [-0.15, -0.1) is 0 Å². The highest BCUT2D eigenvalue weighted by atomic mass is 16.5. The minimum Gasteiger partial charge on any atom is -0.379 e. The predicted octanol–water partition coefficient (Wildman–Crippen LogP) is 0.420. The van der Waals surface area contributed by atoms with Crippen LogP contribution in [0.2, 0.25) is 0 Å². The fraction of sp³-hybridized carbons (Fsp3) is 0.625. The van der Waals surface area contributed by atoms with Gasteiger partial charge in [0.25, 0.3) is 0 Å². The van der Waals surface area contributed by atoms with Gasteiger partial charge in [-0.05, 0) is 30.9 Å². The Morgan fingerprint density at radius 1 is 1.05 bits per heavy atom. The van der Waals surface area contributed by atoms with Gasteiger partial charge in [-0.25, -0.2) is 0 Å². The number of ether oxygens (including phenoxy) is 1. The van der Waals surface area contributed by atoms with Crippen molar-refractivity contribution in [1.29, 1.82) is 0 Å². The largest absolute Gasteiger partial charge is 0.379 e. The molecule has 0 spiro atoms. The van der Waals surface area contributed by atoms with Gasteiger partial charge in [0, 0.05) is 38.4 Å². The van der Waals surface area contributed by atoms with Crippen LogP contribution in [0.15, 0.2) is 18.2 Å².